The van der Waals surface area contributed by atoms with E-state index in [1.54, 1.807) is 0 Å². The number of pyridine rings is 1. The van der Waals surface area contributed by atoms with Crippen molar-refractivity contribution in [3.05, 3.63) is 68.0 Å². The van der Waals surface area contributed by atoms with Crippen LogP contribution in [-0.2, 0) is 0 Å². The van der Waals surface area contributed by atoms with E-state index in [9.17, 15) is 30.1 Å². The molecule has 2 N–H and O–H groups in total. The summed E-state index contributed by atoms with van der Waals surface area (Å²) in [5, 5.41) is 34.9. The first kappa shape index (κ1) is 16.5. The molecule has 0 spiro atoms. The van der Waals surface area contributed by atoms with Crippen LogP contribution in [0.5, 0.6) is 5.75 Å². The lowest BCUT2D eigenvalue weighted by molar-refractivity contribution is -0.394. The fourth-order valence-electron chi connectivity index (χ4n) is 1.70. The highest BCUT2D eigenvalue weighted by Gasteiger charge is 2.23. The topological polar surface area (TPSA) is 161 Å². The minimum atomic E-state index is -0.963. The summed E-state index contributed by atoms with van der Waals surface area (Å²) < 4.78 is 0. The van der Waals surface area contributed by atoms with E-state index >= 15 is 0 Å². The van der Waals surface area contributed by atoms with E-state index in [0.717, 1.165) is 12.3 Å². The van der Waals surface area contributed by atoms with Crippen LogP contribution < -0.4 is 5.43 Å². The number of non-ortho nitro benzene ring substituents is 1. The zero-order valence-corrected chi connectivity index (χ0v) is 11.8. The number of benzene rings is 1. The minimum absolute atomic E-state index is 0.261. The molecule has 11 heteroatoms. The zero-order chi connectivity index (χ0) is 17.7. The van der Waals surface area contributed by atoms with Crippen molar-refractivity contribution in [1.29, 1.82) is 0 Å². The summed E-state index contributed by atoms with van der Waals surface area (Å²) in [5.41, 5.74) is 0.661. The normalized spacial score (nSPS) is 10.5. The molecule has 0 atom stereocenters. The average Bonchev–Trinajstić information content (AvgIpc) is 2.56. The molecule has 0 fully saturated rings. The Morgan fingerprint density at radius 2 is 1.88 bits per heavy atom. The highest BCUT2D eigenvalue weighted by molar-refractivity contribution is 5.95. The number of carbonyl (C=O) groups is 1. The summed E-state index contributed by atoms with van der Waals surface area (Å²) >= 11 is 0. The van der Waals surface area contributed by atoms with E-state index in [1.807, 2.05) is 0 Å². The molecule has 0 radical (unpaired) electrons. The summed E-state index contributed by atoms with van der Waals surface area (Å²) in [4.78, 5) is 35.3. The Hall–Kier alpha value is -3.89. The molecule has 0 aliphatic rings. The number of carbonyl (C=O) groups excluding carboxylic acids is 1. The van der Waals surface area contributed by atoms with Gasteiger partial charge in [0.05, 0.1) is 27.7 Å². The van der Waals surface area contributed by atoms with Crippen LogP contribution in [-0.4, -0.2) is 32.1 Å². The molecular weight excluding hydrogens is 322 g/mol. The second kappa shape index (κ2) is 6.91. The third-order valence-electron chi connectivity index (χ3n) is 2.82. The number of aromatic hydroxyl groups is 1. The zero-order valence-electron chi connectivity index (χ0n) is 11.8. The van der Waals surface area contributed by atoms with Crippen LogP contribution in [0.3, 0.4) is 0 Å². The number of phenols is 1. The number of rotatable bonds is 5. The molecule has 0 unspecified atom stereocenters. The predicted octanol–water partition coefficient (Wildman–Crippen LogP) is 1.37. The van der Waals surface area contributed by atoms with Gasteiger partial charge in [0, 0.05) is 24.0 Å². The SMILES string of the molecule is O=C(N/N=C\c1cc([N+](=O)[O-])cc([N+](=O)[O-])c1O)c1ccncc1. The van der Waals surface area contributed by atoms with Crippen LogP contribution in [0.15, 0.2) is 41.8 Å². The molecule has 1 heterocycles. The molecule has 2 rings (SSSR count). The number of aromatic nitrogens is 1. The molecular formula is C13H9N5O6. The smallest absolute Gasteiger partial charge is 0.318 e. The lowest BCUT2D eigenvalue weighted by Crippen LogP contribution is -2.17. The van der Waals surface area contributed by atoms with Crippen molar-refractivity contribution < 1.29 is 19.7 Å². The first-order valence-corrected chi connectivity index (χ1v) is 6.29. The van der Waals surface area contributed by atoms with E-state index in [4.69, 9.17) is 0 Å². The van der Waals surface area contributed by atoms with Crippen LogP contribution in [0, 0.1) is 20.2 Å². The first-order chi connectivity index (χ1) is 11.4. The second-order valence-corrected chi connectivity index (χ2v) is 4.35. The van der Waals surface area contributed by atoms with E-state index < -0.39 is 32.9 Å². The number of hydrogen-bond acceptors (Lipinski definition) is 8. The molecule has 0 aliphatic heterocycles. The largest absolute Gasteiger partial charge is 0.502 e. The Balaban J connectivity index is 2.27. The van der Waals surface area contributed by atoms with Crippen molar-refractivity contribution in [1.82, 2.24) is 10.4 Å². The Labute approximate surface area is 133 Å². The molecule has 0 bridgehead atoms. The van der Waals surface area contributed by atoms with Gasteiger partial charge < -0.3 is 5.11 Å². The second-order valence-electron chi connectivity index (χ2n) is 4.35. The standard InChI is InChI=1S/C13H9N5O6/c19-12-9(5-10(17(21)22)6-11(12)18(23)24)7-15-16-13(20)8-1-3-14-4-2-8/h1-7,19H,(H,16,20)/b15-7-. The summed E-state index contributed by atoms with van der Waals surface area (Å²) in [5.74, 6) is -1.39. The molecule has 2 aromatic rings. The van der Waals surface area contributed by atoms with Gasteiger partial charge in [-0.3, -0.25) is 30.0 Å². The van der Waals surface area contributed by atoms with Gasteiger partial charge in [-0.2, -0.15) is 5.10 Å². The number of amides is 1. The molecule has 24 heavy (non-hydrogen) atoms. The maximum Gasteiger partial charge on any atom is 0.318 e. The number of hydrogen-bond donors (Lipinski definition) is 2. The maximum absolute atomic E-state index is 11.7. The molecule has 122 valence electrons. The maximum atomic E-state index is 11.7. The van der Waals surface area contributed by atoms with Crippen molar-refractivity contribution in [2.75, 3.05) is 0 Å². The van der Waals surface area contributed by atoms with Crippen LogP contribution in [0.2, 0.25) is 0 Å². The highest BCUT2D eigenvalue weighted by atomic mass is 16.6. The van der Waals surface area contributed by atoms with Gasteiger partial charge in [0.25, 0.3) is 11.6 Å². The number of nitrogens with one attached hydrogen (secondary N) is 1. The van der Waals surface area contributed by atoms with E-state index in [0.29, 0.717) is 6.07 Å². The van der Waals surface area contributed by atoms with E-state index in [-0.39, 0.29) is 11.1 Å². The molecule has 1 amide bonds. The van der Waals surface area contributed by atoms with Crippen LogP contribution in [0.1, 0.15) is 15.9 Å². The molecule has 11 nitrogen and oxygen atoms in total. The van der Waals surface area contributed by atoms with Gasteiger partial charge in [-0.25, -0.2) is 5.43 Å². The van der Waals surface area contributed by atoms with Gasteiger partial charge in [0.2, 0.25) is 5.75 Å². The number of hydrazone groups is 1. The Kier molecular flexibility index (Phi) is 4.75. The van der Waals surface area contributed by atoms with Crippen LogP contribution in [0.25, 0.3) is 0 Å². The quantitative estimate of drug-likeness (QED) is 0.475. The van der Waals surface area contributed by atoms with Crippen LogP contribution in [0.4, 0.5) is 11.4 Å². The van der Waals surface area contributed by atoms with Gasteiger partial charge in [-0.1, -0.05) is 0 Å². The fourth-order valence-corrected chi connectivity index (χ4v) is 1.70. The van der Waals surface area contributed by atoms with Gasteiger partial charge in [-0.05, 0) is 12.1 Å². The molecule has 1 aromatic heterocycles. The first-order valence-electron chi connectivity index (χ1n) is 6.29. The number of nitrogens with zero attached hydrogens (tertiary/aromatic N) is 4. The lowest BCUT2D eigenvalue weighted by Gasteiger charge is -2.02. The minimum Gasteiger partial charge on any atom is -0.502 e. The fraction of sp³-hybridized carbons (Fsp3) is 0. The Morgan fingerprint density at radius 1 is 1.21 bits per heavy atom. The van der Waals surface area contributed by atoms with Gasteiger partial charge in [0.1, 0.15) is 0 Å². The average molecular weight is 331 g/mol. The lowest BCUT2D eigenvalue weighted by atomic mass is 10.1. The van der Waals surface area contributed by atoms with Crippen molar-refractivity contribution >= 4 is 23.5 Å². The summed E-state index contributed by atoms with van der Waals surface area (Å²) in [6, 6.07) is 4.38. The Bertz CT molecular complexity index is 836. The predicted molar refractivity (Wildman–Crippen MR) is 80.7 cm³/mol. The molecule has 0 saturated heterocycles. The number of nitro benzene ring substituents is 2. The molecule has 0 saturated carbocycles. The third kappa shape index (κ3) is 3.65. The highest BCUT2D eigenvalue weighted by Crippen LogP contribution is 2.33. The van der Waals surface area contributed by atoms with Crippen molar-refractivity contribution in [2.45, 2.75) is 0 Å². The Morgan fingerprint density at radius 3 is 2.46 bits per heavy atom. The molecule has 1 aromatic carbocycles. The van der Waals surface area contributed by atoms with E-state index in [1.165, 1.54) is 24.5 Å². The third-order valence-corrected chi connectivity index (χ3v) is 2.82. The van der Waals surface area contributed by atoms with Gasteiger partial charge in [0.15, 0.2) is 0 Å². The number of nitro groups is 2. The van der Waals surface area contributed by atoms with Crippen molar-refractivity contribution in [3.63, 3.8) is 0 Å². The summed E-state index contributed by atoms with van der Waals surface area (Å²) in [7, 11) is 0. The van der Waals surface area contributed by atoms with Crippen LogP contribution >= 0.6 is 0 Å². The molecule has 0 aliphatic carbocycles. The van der Waals surface area contributed by atoms with E-state index in [2.05, 4.69) is 15.5 Å². The van der Waals surface area contributed by atoms with Gasteiger partial charge in [-0.15, -0.1) is 0 Å². The van der Waals surface area contributed by atoms with Crippen molar-refractivity contribution in [3.8, 4) is 5.75 Å². The number of phenolic OH excluding ortho intramolecular Hbond substituents is 1. The van der Waals surface area contributed by atoms with Gasteiger partial charge >= 0.3 is 5.69 Å². The summed E-state index contributed by atoms with van der Waals surface area (Å²) in [6.45, 7) is 0. The monoisotopic (exact) mass is 331 g/mol. The summed E-state index contributed by atoms with van der Waals surface area (Å²) in [6.07, 6.45) is 3.66. The van der Waals surface area contributed by atoms with Crippen molar-refractivity contribution in [2.24, 2.45) is 5.10 Å².